The van der Waals surface area contributed by atoms with Crippen LogP contribution in [0.5, 0.6) is 0 Å². The first-order valence-electron chi connectivity index (χ1n) is 5.37. The van der Waals surface area contributed by atoms with Gasteiger partial charge in [-0.1, -0.05) is 25.4 Å². The van der Waals surface area contributed by atoms with Crippen molar-refractivity contribution < 1.29 is 18.9 Å². The molecular formula is C10H15ClN2O4S. The molecule has 0 aromatic heterocycles. The fourth-order valence-corrected chi connectivity index (χ4v) is 3.22. The van der Waals surface area contributed by atoms with Gasteiger partial charge in [0.25, 0.3) is 0 Å². The molecule has 0 aliphatic heterocycles. The highest BCUT2D eigenvalue weighted by molar-refractivity contribution is 7.89. The molecule has 0 aliphatic carbocycles. The van der Waals surface area contributed by atoms with Crippen molar-refractivity contribution in [2.24, 2.45) is 0 Å². The Morgan fingerprint density at radius 3 is 2.39 bits per heavy atom. The van der Waals surface area contributed by atoms with E-state index < -0.39 is 15.2 Å². The summed E-state index contributed by atoms with van der Waals surface area (Å²) in [5.74, 6) is 0. The summed E-state index contributed by atoms with van der Waals surface area (Å²) in [6.07, 6.45) is 0. The van der Waals surface area contributed by atoms with Gasteiger partial charge >= 0.3 is 0 Å². The van der Waals surface area contributed by atoms with Gasteiger partial charge in [0, 0.05) is 19.2 Å². The molecule has 0 aliphatic rings. The lowest BCUT2D eigenvalue weighted by molar-refractivity contribution is -0.991. The summed E-state index contributed by atoms with van der Waals surface area (Å²) in [5, 5.41) is 18.6. The van der Waals surface area contributed by atoms with Gasteiger partial charge in [0.05, 0.1) is 4.90 Å². The van der Waals surface area contributed by atoms with Crippen LogP contribution in [0.25, 0.3) is 0 Å². The van der Waals surface area contributed by atoms with Crippen molar-refractivity contribution in [1.82, 2.24) is 4.31 Å². The maximum absolute atomic E-state index is 12.2. The van der Waals surface area contributed by atoms with E-state index in [1.54, 1.807) is 13.8 Å². The van der Waals surface area contributed by atoms with Gasteiger partial charge in [-0.25, -0.2) is 13.6 Å². The van der Waals surface area contributed by atoms with E-state index in [0.717, 1.165) is 6.07 Å². The summed E-state index contributed by atoms with van der Waals surface area (Å²) in [7, 11) is -3.66. The van der Waals surface area contributed by atoms with E-state index >= 15 is 0 Å². The zero-order chi connectivity index (χ0) is 13.9. The summed E-state index contributed by atoms with van der Waals surface area (Å²) in [4.78, 5) is -0.0620. The van der Waals surface area contributed by atoms with Gasteiger partial charge in [-0.3, -0.25) is 0 Å². The van der Waals surface area contributed by atoms with Crippen LogP contribution < -0.4 is 5.23 Å². The molecule has 18 heavy (non-hydrogen) atoms. The highest BCUT2D eigenvalue weighted by Crippen LogP contribution is 2.24. The van der Waals surface area contributed by atoms with Crippen LogP contribution in [0.15, 0.2) is 23.1 Å². The minimum absolute atomic E-state index is 0.0148. The Morgan fingerprint density at radius 2 is 1.94 bits per heavy atom. The van der Waals surface area contributed by atoms with Crippen molar-refractivity contribution in [2.45, 2.75) is 18.7 Å². The molecule has 2 N–H and O–H groups in total. The Morgan fingerprint density at radius 1 is 1.39 bits per heavy atom. The molecule has 0 fully saturated rings. The third kappa shape index (κ3) is 3.00. The van der Waals surface area contributed by atoms with E-state index in [1.165, 1.54) is 16.4 Å². The van der Waals surface area contributed by atoms with Crippen LogP contribution in [0.1, 0.15) is 13.8 Å². The Balaban J connectivity index is 3.30. The minimum Gasteiger partial charge on any atom is -0.595 e. The second-order valence-corrected chi connectivity index (χ2v) is 5.88. The summed E-state index contributed by atoms with van der Waals surface area (Å²) < 4.78 is 25.6. The van der Waals surface area contributed by atoms with Gasteiger partial charge in [-0.05, 0) is 12.1 Å². The standard InChI is InChI=1S/C10H15ClN2O4S/c1-3-12(4-2)18(16,17)8-5-6-9(11)10(7-8)13(14)15/h5-7,13-14H,3-4H2,1-2H3. The maximum Gasteiger partial charge on any atom is 0.243 e. The third-order valence-electron chi connectivity index (χ3n) is 2.51. The molecule has 6 nitrogen and oxygen atoms in total. The zero-order valence-electron chi connectivity index (χ0n) is 10.1. The third-order valence-corrected chi connectivity index (χ3v) is 4.89. The second kappa shape index (κ2) is 5.96. The van der Waals surface area contributed by atoms with Gasteiger partial charge in [0.2, 0.25) is 10.0 Å². The van der Waals surface area contributed by atoms with Gasteiger partial charge < -0.3 is 5.21 Å². The SMILES string of the molecule is CCN(CC)S(=O)(=O)c1ccc(Cl)c([NH+]([O-])O)c1. The Labute approximate surface area is 111 Å². The summed E-state index contributed by atoms with van der Waals surface area (Å²) in [5.41, 5.74) is -0.218. The number of halogens is 1. The Hall–Kier alpha value is -0.700. The minimum atomic E-state index is -3.66. The fraction of sp³-hybridized carbons (Fsp3) is 0.400. The molecule has 1 unspecified atom stereocenters. The van der Waals surface area contributed by atoms with Crippen LogP contribution >= 0.6 is 11.6 Å². The average molecular weight is 295 g/mol. The topological polar surface area (TPSA) is 85.1 Å². The molecule has 0 saturated carbocycles. The van der Waals surface area contributed by atoms with Crippen molar-refractivity contribution in [2.75, 3.05) is 13.1 Å². The maximum atomic E-state index is 12.2. The van der Waals surface area contributed by atoms with E-state index in [4.69, 9.17) is 16.8 Å². The first-order chi connectivity index (χ1) is 8.34. The van der Waals surface area contributed by atoms with E-state index in [2.05, 4.69) is 0 Å². The lowest BCUT2D eigenvalue weighted by Gasteiger charge is -2.19. The second-order valence-electron chi connectivity index (χ2n) is 3.54. The highest BCUT2D eigenvalue weighted by atomic mass is 35.5. The first-order valence-corrected chi connectivity index (χ1v) is 7.19. The molecule has 1 atom stereocenters. The average Bonchev–Trinajstić information content (AvgIpc) is 2.30. The molecule has 0 amide bonds. The number of quaternary nitrogens is 1. The molecule has 0 heterocycles. The Kier molecular flexibility index (Phi) is 5.09. The monoisotopic (exact) mass is 294 g/mol. The number of hydrogen-bond donors (Lipinski definition) is 2. The van der Waals surface area contributed by atoms with Crippen LogP contribution in [0.3, 0.4) is 0 Å². The van der Waals surface area contributed by atoms with Gasteiger partial charge in [-0.15, -0.1) is 0 Å². The summed E-state index contributed by atoms with van der Waals surface area (Å²) in [6.45, 7) is 4.08. The molecule has 0 bridgehead atoms. The van der Waals surface area contributed by atoms with Gasteiger partial charge in [-0.2, -0.15) is 9.53 Å². The fourth-order valence-electron chi connectivity index (χ4n) is 1.54. The van der Waals surface area contributed by atoms with E-state index in [0.29, 0.717) is 13.1 Å². The van der Waals surface area contributed by atoms with Crippen molar-refractivity contribution in [1.29, 1.82) is 0 Å². The predicted molar refractivity (Wildman–Crippen MR) is 67.3 cm³/mol. The van der Waals surface area contributed by atoms with Gasteiger partial charge in [0.1, 0.15) is 5.02 Å². The van der Waals surface area contributed by atoms with E-state index in [-0.39, 0.29) is 15.6 Å². The van der Waals surface area contributed by atoms with Crippen molar-refractivity contribution in [3.05, 3.63) is 28.4 Å². The number of nitrogens with one attached hydrogen (secondary N) is 1. The lowest BCUT2D eigenvalue weighted by atomic mass is 10.3. The smallest absolute Gasteiger partial charge is 0.243 e. The molecule has 102 valence electrons. The molecule has 1 aromatic carbocycles. The number of hydrogen-bond acceptors (Lipinski definition) is 4. The number of benzene rings is 1. The number of rotatable bonds is 5. The normalized spacial score (nSPS) is 13.9. The Bertz CT molecular complexity index is 515. The highest BCUT2D eigenvalue weighted by Gasteiger charge is 2.23. The predicted octanol–water partition coefficient (Wildman–Crippen LogP) is 0.774. The van der Waals surface area contributed by atoms with Gasteiger partial charge in [0.15, 0.2) is 5.69 Å². The molecule has 0 radical (unpaired) electrons. The number of nitrogens with zero attached hydrogens (tertiary/aromatic N) is 1. The quantitative estimate of drug-likeness (QED) is 0.786. The van der Waals surface area contributed by atoms with Crippen LogP contribution in [0, 0.1) is 5.21 Å². The van der Waals surface area contributed by atoms with Crippen molar-refractivity contribution in [3.8, 4) is 0 Å². The van der Waals surface area contributed by atoms with Crippen molar-refractivity contribution >= 4 is 27.3 Å². The molecule has 1 rings (SSSR count). The summed E-state index contributed by atoms with van der Waals surface area (Å²) >= 11 is 5.70. The lowest BCUT2D eigenvalue weighted by Crippen LogP contribution is -2.99. The molecule has 0 spiro atoms. The molecule has 0 saturated heterocycles. The number of sulfonamides is 1. The van der Waals surface area contributed by atoms with Crippen LogP contribution in [-0.2, 0) is 10.0 Å². The zero-order valence-corrected chi connectivity index (χ0v) is 11.6. The van der Waals surface area contributed by atoms with Crippen LogP contribution in [0.4, 0.5) is 5.69 Å². The molecular weight excluding hydrogens is 280 g/mol. The first kappa shape index (κ1) is 15.4. The molecule has 8 heteroatoms. The molecule has 1 aromatic rings. The van der Waals surface area contributed by atoms with E-state index in [1.807, 2.05) is 0 Å². The van der Waals surface area contributed by atoms with Crippen molar-refractivity contribution in [3.63, 3.8) is 0 Å². The summed E-state index contributed by atoms with van der Waals surface area (Å²) in [6, 6.07) is 3.67. The largest absolute Gasteiger partial charge is 0.595 e. The van der Waals surface area contributed by atoms with Crippen LogP contribution in [-0.4, -0.2) is 31.0 Å². The van der Waals surface area contributed by atoms with E-state index in [9.17, 15) is 13.6 Å². The van der Waals surface area contributed by atoms with Crippen LogP contribution in [0.2, 0.25) is 5.02 Å².